The second-order valence-electron chi connectivity index (χ2n) is 8.98. The first-order valence-corrected chi connectivity index (χ1v) is 12.1. The van der Waals surface area contributed by atoms with Gasteiger partial charge in [-0.2, -0.15) is 0 Å². The van der Waals surface area contributed by atoms with E-state index < -0.39 is 18.0 Å². The van der Waals surface area contributed by atoms with Crippen LogP contribution in [0.3, 0.4) is 0 Å². The minimum atomic E-state index is -0.894. The minimum Gasteiger partial charge on any atom is -0.378 e. The van der Waals surface area contributed by atoms with Crippen molar-refractivity contribution in [2.45, 2.75) is 141 Å². The van der Waals surface area contributed by atoms with Crippen molar-refractivity contribution in [2.75, 3.05) is 0 Å². The van der Waals surface area contributed by atoms with Gasteiger partial charge < -0.3 is 14.6 Å². The smallest absolute Gasteiger partial charge is 0.163 e. The largest absolute Gasteiger partial charge is 0.378 e. The van der Waals surface area contributed by atoms with Gasteiger partial charge in [-0.3, -0.25) is 0 Å². The summed E-state index contributed by atoms with van der Waals surface area (Å²) in [5.74, 6) is 1.72. The molecular formula is C26H46O3. The van der Waals surface area contributed by atoms with E-state index >= 15 is 0 Å². The van der Waals surface area contributed by atoms with Crippen LogP contribution in [0.2, 0.25) is 0 Å². The molecule has 1 rings (SSSR count). The summed E-state index contributed by atoms with van der Waals surface area (Å²) in [5, 5.41) is 9.95. The van der Waals surface area contributed by atoms with Crippen LogP contribution >= 0.6 is 0 Å². The van der Waals surface area contributed by atoms with Gasteiger partial charge in [0.05, 0.1) is 6.10 Å². The summed E-state index contributed by atoms with van der Waals surface area (Å²) in [6.07, 6.45) is 27.9. The van der Waals surface area contributed by atoms with Crippen molar-refractivity contribution in [1.82, 2.24) is 0 Å². The van der Waals surface area contributed by atoms with Crippen molar-refractivity contribution in [3.63, 3.8) is 0 Å². The van der Waals surface area contributed by atoms with Crippen molar-refractivity contribution in [2.24, 2.45) is 0 Å². The molecule has 3 heteroatoms. The van der Waals surface area contributed by atoms with E-state index in [0.717, 1.165) is 12.8 Å². The average Bonchev–Trinajstić information content (AvgIpc) is 3.01. The molecule has 0 aromatic rings. The van der Waals surface area contributed by atoms with Crippen LogP contribution < -0.4 is 0 Å². The highest BCUT2D eigenvalue weighted by atomic mass is 16.8. The van der Waals surface area contributed by atoms with Crippen LogP contribution in [-0.4, -0.2) is 29.2 Å². The van der Waals surface area contributed by atoms with Crippen LogP contribution in [-0.2, 0) is 9.47 Å². The van der Waals surface area contributed by atoms with E-state index in [1.807, 2.05) is 13.8 Å². The lowest BCUT2D eigenvalue weighted by molar-refractivity contribution is -0.152. The maximum atomic E-state index is 9.95. The number of terminal acetylenes is 1. The summed E-state index contributed by atoms with van der Waals surface area (Å²) in [5.41, 5.74) is 0. The summed E-state index contributed by atoms with van der Waals surface area (Å²) in [4.78, 5) is 0. The zero-order valence-corrected chi connectivity index (χ0v) is 19.3. The predicted octanol–water partition coefficient (Wildman–Crippen LogP) is 6.93. The molecule has 1 aliphatic heterocycles. The molecule has 0 amide bonds. The zero-order chi connectivity index (χ0) is 21.4. The molecule has 0 aromatic heterocycles. The summed E-state index contributed by atoms with van der Waals surface area (Å²) in [7, 11) is 0. The third-order valence-electron chi connectivity index (χ3n) is 5.70. The highest BCUT2D eigenvalue weighted by Crippen LogP contribution is 2.32. The molecule has 29 heavy (non-hydrogen) atoms. The molecule has 0 unspecified atom stereocenters. The molecule has 1 fully saturated rings. The Kier molecular flexibility index (Phi) is 14.4. The van der Waals surface area contributed by atoms with E-state index in [0.29, 0.717) is 0 Å². The second-order valence-corrected chi connectivity index (χ2v) is 8.98. The number of aliphatic hydroxyl groups is 1. The average molecular weight is 407 g/mol. The van der Waals surface area contributed by atoms with E-state index in [1.54, 1.807) is 0 Å². The first kappa shape index (κ1) is 26.2. The first-order valence-electron chi connectivity index (χ1n) is 12.1. The van der Waals surface area contributed by atoms with Crippen molar-refractivity contribution < 1.29 is 14.6 Å². The van der Waals surface area contributed by atoms with Crippen LogP contribution in [0.4, 0.5) is 0 Å². The van der Waals surface area contributed by atoms with E-state index in [2.05, 4.69) is 25.0 Å². The molecule has 0 bridgehead atoms. The maximum Gasteiger partial charge on any atom is 0.163 e. The summed E-state index contributed by atoms with van der Waals surface area (Å²) in [6.45, 7) is 6.03. The fourth-order valence-corrected chi connectivity index (χ4v) is 4.04. The van der Waals surface area contributed by atoms with Gasteiger partial charge in [-0.05, 0) is 46.0 Å². The molecule has 0 spiro atoms. The third kappa shape index (κ3) is 12.5. The van der Waals surface area contributed by atoms with Crippen LogP contribution in [0.25, 0.3) is 0 Å². The monoisotopic (exact) mass is 406 g/mol. The lowest BCUT2D eigenvalue weighted by Gasteiger charge is -2.18. The molecule has 3 atom stereocenters. The van der Waals surface area contributed by atoms with Gasteiger partial charge in [0.15, 0.2) is 5.79 Å². The molecule has 0 saturated carbocycles. The molecular weight excluding hydrogens is 360 g/mol. The standard InChI is InChI=1S/C26H46O3/c1-5-7-8-9-10-11-12-13-14-15-16-17-18-19-20-21-22-24-25(23(27)6-2)29-26(3,4)28-24/h2,14-15,23-25,27H,5,7-13,16-22H2,1,3-4H3/b15-14-/t23-,24+,25+/m1/s1. The number of aliphatic hydroxyl groups excluding tert-OH is 1. The van der Waals surface area contributed by atoms with Gasteiger partial charge in [0, 0.05) is 0 Å². The fourth-order valence-electron chi connectivity index (χ4n) is 4.04. The molecule has 1 saturated heterocycles. The number of rotatable bonds is 17. The van der Waals surface area contributed by atoms with Gasteiger partial charge in [-0.25, -0.2) is 0 Å². The Balaban J connectivity index is 1.95. The summed E-state index contributed by atoms with van der Waals surface area (Å²) < 4.78 is 11.7. The van der Waals surface area contributed by atoms with Gasteiger partial charge in [-0.15, -0.1) is 6.42 Å². The molecule has 1 N–H and O–H groups in total. The SMILES string of the molecule is C#C[C@@H](O)[C@@H]1OC(C)(C)O[C@H]1CCCCCCC/C=C\CCCCCCCCC. The van der Waals surface area contributed by atoms with Crippen molar-refractivity contribution >= 4 is 0 Å². The van der Waals surface area contributed by atoms with Crippen LogP contribution in [0.1, 0.15) is 117 Å². The van der Waals surface area contributed by atoms with Gasteiger partial charge in [0.25, 0.3) is 0 Å². The minimum absolute atomic E-state index is 0.106. The van der Waals surface area contributed by atoms with Crippen LogP contribution in [0, 0.1) is 12.3 Å². The van der Waals surface area contributed by atoms with E-state index in [1.165, 1.54) is 83.5 Å². The second kappa shape index (κ2) is 15.9. The summed E-state index contributed by atoms with van der Waals surface area (Å²) >= 11 is 0. The van der Waals surface area contributed by atoms with Gasteiger partial charge in [-0.1, -0.05) is 89.2 Å². The molecule has 1 heterocycles. The lowest BCUT2D eigenvalue weighted by Crippen LogP contribution is -2.34. The number of allylic oxidation sites excluding steroid dienone is 2. The maximum absolute atomic E-state index is 9.95. The van der Waals surface area contributed by atoms with Gasteiger partial charge in [0.1, 0.15) is 12.2 Å². The highest BCUT2D eigenvalue weighted by molar-refractivity contribution is 5.02. The number of ether oxygens (including phenoxy) is 2. The fraction of sp³-hybridized carbons (Fsp3) is 0.846. The molecule has 0 radical (unpaired) electrons. The normalized spacial score (nSPS) is 22.2. The lowest BCUT2D eigenvalue weighted by atomic mass is 10.0. The highest BCUT2D eigenvalue weighted by Gasteiger charge is 2.43. The topological polar surface area (TPSA) is 38.7 Å². The number of unbranched alkanes of at least 4 members (excludes halogenated alkanes) is 12. The van der Waals surface area contributed by atoms with Crippen molar-refractivity contribution in [3.05, 3.63) is 12.2 Å². The Morgan fingerprint density at radius 3 is 1.93 bits per heavy atom. The van der Waals surface area contributed by atoms with Crippen LogP contribution in [0.15, 0.2) is 12.2 Å². The van der Waals surface area contributed by atoms with E-state index in [-0.39, 0.29) is 6.10 Å². The number of hydrogen-bond acceptors (Lipinski definition) is 3. The zero-order valence-electron chi connectivity index (χ0n) is 19.3. The van der Waals surface area contributed by atoms with Gasteiger partial charge in [0.2, 0.25) is 0 Å². The van der Waals surface area contributed by atoms with Gasteiger partial charge >= 0.3 is 0 Å². The van der Waals surface area contributed by atoms with Crippen LogP contribution in [0.5, 0.6) is 0 Å². The van der Waals surface area contributed by atoms with E-state index in [9.17, 15) is 5.11 Å². The Morgan fingerprint density at radius 1 is 0.862 bits per heavy atom. The Morgan fingerprint density at radius 2 is 1.38 bits per heavy atom. The molecule has 1 aliphatic rings. The first-order chi connectivity index (χ1) is 14.0. The van der Waals surface area contributed by atoms with Crippen molar-refractivity contribution in [3.8, 4) is 12.3 Å². The molecule has 0 aliphatic carbocycles. The summed E-state index contributed by atoms with van der Waals surface area (Å²) in [6, 6.07) is 0. The quantitative estimate of drug-likeness (QED) is 0.162. The van der Waals surface area contributed by atoms with Crippen molar-refractivity contribution in [1.29, 1.82) is 0 Å². The molecule has 168 valence electrons. The third-order valence-corrected chi connectivity index (χ3v) is 5.70. The van der Waals surface area contributed by atoms with E-state index in [4.69, 9.17) is 15.9 Å². The Labute approximate surface area is 180 Å². The molecule has 0 aromatic carbocycles. The molecule has 3 nitrogen and oxygen atoms in total. The Bertz CT molecular complexity index is 463. The number of hydrogen-bond donors (Lipinski definition) is 1. The Hall–Kier alpha value is -0.820. The predicted molar refractivity (Wildman–Crippen MR) is 123 cm³/mol.